The van der Waals surface area contributed by atoms with Gasteiger partial charge in [0.2, 0.25) is 5.91 Å². The molecule has 0 bridgehead atoms. The molecule has 7 nitrogen and oxygen atoms in total. The van der Waals surface area contributed by atoms with Gasteiger partial charge in [-0.25, -0.2) is 13.8 Å². The molecule has 0 saturated heterocycles. The van der Waals surface area contributed by atoms with Crippen LogP contribution in [0, 0.1) is 5.82 Å². The van der Waals surface area contributed by atoms with Crippen molar-refractivity contribution in [1.82, 2.24) is 9.13 Å². The zero-order chi connectivity index (χ0) is 24.7. The molecule has 2 heterocycles. The minimum absolute atomic E-state index is 0.107. The summed E-state index contributed by atoms with van der Waals surface area (Å²) in [4.78, 5) is 40.0. The summed E-state index contributed by atoms with van der Waals surface area (Å²) in [5.74, 6) is -0.502. The number of methoxy groups -OCH3 is 1. The number of rotatable bonds is 5. The molecule has 2 aromatic heterocycles. The Bertz CT molecular complexity index is 1720. The van der Waals surface area contributed by atoms with E-state index in [1.54, 1.807) is 43.5 Å². The first kappa shape index (κ1) is 22.8. The van der Waals surface area contributed by atoms with E-state index in [9.17, 15) is 18.8 Å². The Labute approximate surface area is 206 Å². The number of halogens is 2. The number of nitrogens with zero attached hydrogens (tertiary/aromatic N) is 2. The van der Waals surface area contributed by atoms with Crippen LogP contribution in [0.25, 0.3) is 26.0 Å². The number of ether oxygens (including phenoxy) is 1. The fourth-order valence-electron chi connectivity index (χ4n) is 3.87. The fourth-order valence-corrected chi connectivity index (χ4v) is 5.18. The lowest BCUT2D eigenvalue weighted by Crippen LogP contribution is -2.40. The monoisotopic (exact) mass is 509 g/mol. The van der Waals surface area contributed by atoms with Gasteiger partial charge in [0.25, 0.3) is 5.56 Å². The normalized spacial score (nSPS) is 11.2. The van der Waals surface area contributed by atoms with Crippen LogP contribution >= 0.6 is 22.9 Å². The lowest BCUT2D eigenvalue weighted by molar-refractivity contribution is -0.116. The van der Waals surface area contributed by atoms with Gasteiger partial charge in [0.15, 0.2) is 0 Å². The van der Waals surface area contributed by atoms with Crippen molar-refractivity contribution in [3.05, 3.63) is 98.4 Å². The van der Waals surface area contributed by atoms with Crippen LogP contribution < -0.4 is 21.3 Å². The largest absolute Gasteiger partial charge is 0.497 e. The highest BCUT2D eigenvalue weighted by Gasteiger charge is 2.21. The number of anilines is 1. The second-order valence-corrected chi connectivity index (χ2v) is 9.12. The van der Waals surface area contributed by atoms with Crippen LogP contribution in [-0.4, -0.2) is 22.2 Å². The molecule has 0 unspecified atom stereocenters. The highest BCUT2D eigenvalue weighted by Crippen LogP contribution is 2.31. The summed E-state index contributed by atoms with van der Waals surface area (Å²) in [6.07, 6.45) is 0. The van der Waals surface area contributed by atoms with Crippen molar-refractivity contribution in [3.8, 4) is 11.4 Å². The molecule has 10 heteroatoms. The number of hydrogen-bond donors (Lipinski definition) is 1. The van der Waals surface area contributed by atoms with Gasteiger partial charge in [-0.15, -0.1) is 11.3 Å². The van der Waals surface area contributed by atoms with Crippen LogP contribution in [0.1, 0.15) is 0 Å². The summed E-state index contributed by atoms with van der Waals surface area (Å²) in [6, 6.07) is 17.6. The number of aromatic nitrogens is 2. The Morgan fingerprint density at radius 2 is 1.83 bits per heavy atom. The van der Waals surface area contributed by atoms with Crippen LogP contribution in [0.15, 0.2) is 76.3 Å². The number of amides is 1. The summed E-state index contributed by atoms with van der Waals surface area (Å²) in [6.45, 7) is -0.350. The van der Waals surface area contributed by atoms with Crippen LogP contribution in [0.4, 0.5) is 10.1 Å². The van der Waals surface area contributed by atoms with E-state index in [0.717, 1.165) is 15.3 Å². The van der Waals surface area contributed by atoms with Crippen molar-refractivity contribution in [1.29, 1.82) is 0 Å². The summed E-state index contributed by atoms with van der Waals surface area (Å²) >= 11 is 7.13. The zero-order valence-corrected chi connectivity index (χ0v) is 19.8. The van der Waals surface area contributed by atoms with E-state index in [1.807, 2.05) is 12.1 Å². The Morgan fingerprint density at radius 1 is 1.09 bits per heavy atom. The predicted octanol–water partition coefficient (Wildman–Crippen LogP) is 4.81. The Kier molecular flexibility index (Phi) is 5.88. The van der Waals surface area contributed by atoms with Crippen molar-refractivity contribution in [2.75, 3.05) is 12.4 Å². The maximum Gasteiger partial charge on any atom is 0.336 e. The van der Waals surface area contributed by atoms with E-state index in [1.165, 1.54) is 28.0 Å². The van der Waals surface area contributed by atoms with E-state index in [2.05, 4.69) is 5.32 Å². The van der Waals surface area contributed by atoms with E-state index in [0.29, 0.717) is 27.0 Å². The van der Waals surface area contributed by atoms with Gasteiger partial charge in [0.1, 0.15) is 22.8 Å². The Balaban J connectivity index is 1.68. The minimum atomic E-state index is -0.737. The quantitative estimate of drug-likeness (QED) is 0.369. The van der Waals surface area contributed by atoms with Gasteiger partial charge in [-0.3, -0.25) is 14.2 Å². The van der Waals surface area contributed by atoms with Gasteiger partial charge in [-0.2, -0.15) is 0 Å². The molecule has 0 aliphatic heterocycles. The first-order chi connectivity index (χ1) is 16.9. The Morgan fingerprint density at radius 3 is 2.54 bits per heavy atom. The number of carbonyl (C=O) groups is 1. The molecule has 0 spiro atoms. The second-order valence-electron chi connectivity index (χ2n) is 7.66. The number of benzene rings is 3. The smallest absolute Gasteiger partial charge is 0.336 e. The standard InChI is InChI=1S/C25H17ClFN3O4S/c1-34-16-9-6-14(7-10-16)28-21(31)13-29-22-17-4-2-3-5-20(17)35-23(22)24(32)30(25(29)33)15-8-11-19(27)18(26)12-15/h2-12H,13H2,1H3,(H,28,31). The average molecular weight is 510 g/mol. The van der Waals surface area contributed by atoms with Crippen molar-refractivity contribution in [2.45, 2.75) is 6.54 Å². The second kappa shape index (κ2) is 9.01. The van der Waals surface area contributed by atoms with Crippen molar-refractivity contribution in [3.63, 3.8) is 0 Å². The van der Waals surface area contributed by atoms with Crippen LogP contribution in [0.2, 0.25) is 5.02 Å². The molecule has 0 saturated carbocycles. The third-order valence-corrected chi connectivity index (χ3v) is 6.93. The van der Waals surface area contributed by atoms with E-state index in [4.69, 9.17) is 16.3 Å². The third-order valence-electron chi connectivity index (χ3n) is 5.50. The third kappa shape index (κ3) is 4.09. The molecule has 35 heavy (non-hydrogen) atoms. The molecule has 0 aliphatic carbocycles. The molecule has 0 radical (unpaired) electrons. The highest BCUT2D eigenvalue weighted by atomic mass is 35.5. The predicted molar refractivity (Wildman–Crippen MR) is 136 cm³/mol. The van der Waals surface area contributed by atoms with E-state index in [-0.39, 0.29) is 17.3 Å². The molecular weight excluding hydrogens is 493 g/mol. The average Bonchev–Trinajstić information content (AvgIpc) is 3.24. The summed E-state index contributed by atoms with van der Waals surface area (Å²) in [5.41, 5.74) is -0.307. The van der Waals surface area contributed by atoms with Crippen LogP contribution in [-0.2, 0) is 11.3 Å². The van der Waals surface area contributed by atoms with Crippen molar-refractivity contribution >= 4 is 54.8 Å². The molecule has 5 rings (SSSR count). The Hall–Kier alpha value is -3.95. The molecule has 0 fully saturated rings. The number of fused-ring (bicyclic) bond motifs is 3. The minimum Gasteiger partial charge on any atom is -0.497 e. The maximum absolute atomic E-state index is 13.8. The van der Waals surface area contributed by atoms with Crippen molar-refractivity contribution in [2.24, 2.45) is 0 Å². The highest BCUT2D eigenvalue weighted by molar-refractivity contribution is 7.25. The van der Waals surface area contributed by atoms with Gasteiger partial charge in [0.05, 0.1) is 23.3 Å². The van der Waals surface area contributed by atoms with Gasteiger partial charge in [-0.05, 0) is 48.5 Å². The molecule has 5 aromatic rings. The van der Waals surface area contributed by atoms with E-state index < -0.39 is 23.0 Å². The van der Waals surface area contributed by atoms with E-state index >= 15 is 0 Å². The lowest BCUT2D eigenvalue weighted by atomic mass is 10.2. The van der Waals surface area contributed by atoms with Crippen LogP contribution in [0.3, 0.4) is 0 Å². The maximum atomic E-state index is 13.8. The number of nitrogens with one attached hydrogen (secondary N) is 1. The van der Waals surface area contributed by atoms with Gasteiger partial charge >= 0.3 is 5.69 Å². The SMILES string of the molecule is COc1ccc(NC(=O)Cn2c(=O)n(-c3ccc(F)c(Cl)c3)c(=O)c3sc4ccccc4c32)cc1. The van der Waals surface area contributed by atoms with Crippen LogP contribution in [0.5, 0.6) is 5.75 Å². The molecule has 0 atom stereocenters. The van der Waals surface area contributed by atoms with Crippen molar-refractivity contribution < 1.29 is 13.9 Å². The zero-order valence-electron chi connectivity index (χ0n) is 18.2. The summed E-state index contributed by atoms with van der Waals surface area (Å²) in [7, 11) is 1.54. The molecular formula is C25H17ClFN3O4S. The first-order valence-corrected chi connectivity index (χ1v) is 11.6. The topological polar surface area (TPSA) is 82.3 Å². The lowest BCUT2D eigenvalue weighted by Gasteiger charge is -2.13. The van der Waals surface area contributed by atoms with Gasteiger partial charge in [0, 0.05) is 15.8 Å². The summed E-state index contributed by atoms with van der Waals surface area (Å²) < 4.78 is 22.1. The fraction of sp³-hybridized carbons (Fsp3) is 0.0800. The molecule has 1 N–H and O–H groups in total. The van der Waals surface area contributed by atoms with Gasteiger partial charge < -0.3 is 10.1 Å². The van der Waals surface area contributed by atoms with Gasteiger partial charge in [-0.1, -0.05) is 29.8 Å². The summed E-state index contributed by atoms with van der Waals surface area (Å²) in [5, 5.41) is 3.21. The number of hydrogen-bond acceptors (Lipinski definition) is 5. The number of thiophene rings is 1. The molecule has 176 valence electrons. The molecule has 0 aliphatic rings. The first-order valence-electron chi connectivity index (χ1n) is 10.4. The number of carbonyl (C=O) groups excluding carboxylic acids is 1. The molecule has 1 amide bonds. The molecule has 3 aromatic carbocycles.